The first-order valence-corrected chi connectivity index (χ1v) is 6.84. The maximum atomic E-state index is 6.22. The van der Waals surface area contributed by atoms with E-state index in [1.807, 2.05) is 18.7 Å². The number of nitrogens with zero attached hydrogens (tertiary/aromatic N) is 2. The summed E-state index contributed by atoms with van der Waals surface area (Å²) in [4.78, 5) is 0. The number of aromatic nitrogens is 2. The van der Waals surface area contributed by atoms with Crippen LogP contribution in [0, 0.1) is 12.3 Å². The summed E-state index contributed by atoms with van der Waals surface area (Å²) in [6.07, 6.45) is 5.39. The predicted molar refractivity (Wildman–Crippen MR) is 71.2 cm³/mol. The number of hydrogen-bond acceptors (Lipinski definition) is 2. The lowest BCUT2D eigenvalue weighted by Crippen LogP contribution is -2.24. The summed E-state index contributed by atoms with van der Waals surface area (Å²) >= 11 is 6.22. The Morgan fingerprint density at radius 2 is 2.18 bits per heavy atom. The van der Waals surface area contributed by atoms with Gasteiger partial charge in [-0.3, -0.25) is 4.68 Å². The molecule has 1 heterocycles. The Bertz CT molecular complexity index is 394. The molecule has 0 atom stereocenters. The molecule has 0 unspecified atom stereocenters. The van der Waals surface area contributed by atoms with Gasteiger partial charge in [-0.15, -0.1) is 0 Å². The van der Waals surface area contributed by atoms with Gasteiger partial charge in [0, 0.05) is 20.1 Å². The van der Waals surface area contributed by atoms with E-state index in [0.29, 0.717) is 5.41 Å². The average molecular weight is 256 g/mol. The van der Waals surface area contributed by atoms with Crippen molar-refractivity contribution in [3.63, 3.8) is 0 Å². The van der Waals surface area contributed by atoms with Crippen LogP contribution in [0.3, 0.4) is 0 Å². The minimum atomic E-state index is 0.592. The molecule has 3 nitrogen and oxygen atoms in total. The normalized spacial score (nSPS) is 17.4. The number of nitrogens with one attached hydrogen (secondary N) is 1. The maximum absolute atomic E-state index is 6.22. The monoisotopic (exact) mass is 255 g/mol. The van der Waals surface area contributed by atoms with Crippen molar-refractivity contribution in [2.24, 2.45) is 12.5 Å². The molecule has 1 aliphatic rings. The van der Waals surface area contributed by atoms with Crippen molar-refractivity contribution in [3.8, 4) is 0 Å². The number of rotatable bonds is 6. The topological polar surface area (TPSA) is 29.9 Å². The Balaban J connectivity index is 1.86. The number of aryl methyl sites for hydroxylation is 2. The molecule has 2 rings (SSSR count). The summed E-state index contributed by atoms with van der Waals surface area (Å²) in [5, 5.41) is 8.67. The first kappa shape index (κ1) is 12.9. The fourth-order valence-corrected chi connectivity index (χ4v) is 2.77. The zero-order chi connectivity index (χ0) is 12.5. The Kier molecular flexibility index (Phi) is 3.79. The summed E-state index contributed by atoms with van der Waals surface area (Å²) in [5.41, 5.74) is 2.60. The molecule has 0 saturated heterocycles. The fraction of sp³-hybridized carbons (Fsp3) is 0.769. The van der Waals surface area contributed by atoms with Crippen LogP contribution in [0.15, 0.2) is 0 Å². The van der Waals surface area contributed by atoms with Crippen molar-refractivity contribution in [1.82, 2.24) is 15.1 Å². The summed E-state index contributed by atoms with van der Waals surface area (Å²) in [5.74, 6) is 0. The van der Waals surface area contributed by atoms with Crippen LogP contribution in [0.4, 0.5) is 0 Å². The van der Waals surface area contributed by atoms with Crippen LogP contribution >= 0.6 is 11.6 Å². The summed E-state index contributed by atoms with van der Waals surface area (Å²) < 4.78 is 1.88. The van der Waals surface area contributed by atoms with Crippen LogP contribution in [0.2, 0.25) is 5.02 Å². The second kappa shape index (κ2) is 4.99. The second-order valence-corrected chi connectivity index (χ2v) is 5.70. The highest BCUT2D eigenvalue weighted by atomic mass is 35.5. The van der Waals surface area contributed by atoms with E-state index in [1.54, 1.807) is 0 Å². The highest BCUT2D eigenvalue weighted by Gasteiger charge is 2.40. The Morgan fingerprint density at radius 3 is 2.65 bits per heavy atom. The zero-order valence-corrected chi connectivity index (χ0v) is 11.8. The highest BCUT2D eigenvalue weighted by Crippen LogP contribution is 2.48. The zero-order valence-electron chi connectivity index (χ0n) is 11.0. The van der Waals surface area contributed by atoms with Gasteiger partial charge in [-0.25, -0.2) is 0 Å². The molecule has 0 aromatic carbocycles. The average Bonchev–Trinajstić information content (AvgIpc) is 2.99. The lowest BCUT2D eigenvalue weighted by molar-refractivity contribution is 0.417. The third-order valence-corrected chi connectivity index (χ3v) is 4.28. The molecular formula is C13H22ClN3. The van der Waals surface area contributed by atoms with Crippen molar-refractivity contribution >= 4 is 11.6 Å². The van der Waals surface area contributed by atoms with Gasteiger partial charge >= 0.3 is 0 Å². The molecule has 96 valence electrons. The van der Waals surface area contributed by atoms with Crippen LogP contribution in [-0.2, 0) is 13.6 Å². The van der Waals surface area contributed by atoms with E-state index in [9.17, 15) is 0 Å². The molecule has 17 heavy (non-hydrogen) atoms. The standard InChI is InChI=1S/C13H22ClN3/c1-4-5-13(6-7-13)9-15-8-11-12(14)10(2)16-17(11)3/h15H,4-9H2,1-3H3. The molecule has 4 heteroatoms. The quantitative estimate of drug-likeness (QED) is 0.847. The molecule has 0 aliphatic heterocycles. The van der Waals surface area contributed by atoms with Crippen molar-refractivity contribution < 1.29 is 0 Å². The summed E-state index contributed by atoms with van der Waals surface area (Å²) in [7, 11) is 1.95. The van der Waals surface area contributed by atoms with Crippen LogP contribution in [0.5, 0.6) is 0 Å². The van der Waals surface area contributed by atoms with E-state index in [1.165, 1.54) is 25.7 Å². The Morgan fingerprint density at radius 1 is 1.47 bits per heavy atom. The Hall–Kier alpha value is -0.540. The van der Waals surface area contributed by atoms with Gasteiger partial charge in [-0.2, -0.15) is 5.10 Å². The van der Waals surface area contributed by atoms with Gasteiger partial charge in [0.2, 0.25) is 0 Å². The Labute approximate surface area is 109 Å². The number of halogens is 1. The predicted octanol–water partition coefficient (Wildman–Crippen LogP) is 3.05. The summed E-state index contributed by atoms with van der Waals surface area (Å²) in [6.45, 7) is 6.15. The van der Waals surface area contributed by atoms with Crippen LogP contribution in [0.25, 0.3) is 0 Å². The molecular weight excluding hydrogens is 234 g/mol. The van der Waals surface area contributed by atoms with Crippen molar-refractivity contribution in [3.05, 3.63) is 16.4 Å². The molecule has 0 amide bonds. The van der Waals surface area contributed by atoms with Gasteiger partial charge < -0.3 is 5.32 Å². The SMILES string of the molecule is CCCC1(CNCc2c(Cl)c(C)nn2C)CC1. The molecule has 0 radical (unpaired) electrons. The van der Waals surface area contributed by atoms with E-state index < -0.39 is 0 Å². The van der Waals surface area contributed by atoms with Crippen LogP contribution < -0.4 is 5.32 Å². The molecule has 0 spiro atoms. The van der Waals surface area contributed by atoms with E-state index >= 15 is 0 Å². The molecule has 1 N–H and O–H groups in total. The smallest absolute Gasteiger partial charge is 0.0860 e. The molecule has 1 aliphatic carbocycles. The van der Waals surface area contributed by atoms with E-state index in [2.05, 4.69) is 17.3 Å². The van der Waals surface area contributed by atoms with Gasteiger partial charge in [-0.1, -0.05) is 24.9 Å². The van der Waals surface area contributed by atoms with Crippen LogP contribution in [-0.4, -0.2) is 16.3 Å². The van der Waals surface area contributed by atoms with Gasteiger partial charge in [0.15, 0.2) is 0 Å². The minimum absolute atomic E-state index is 0.592. The maximum Gasteiger partial charge on any atom is 0.0860 e. The third kappa shape index (κ3) is 2.83. The summed E-state index contributed by atoms with van der Waals surface area (Å²) in [6, 6.07) is 0. The molecule has 1 saturated carbocycles. The van der Waals surface area contributed by atoms with E-state index in [-0.39, 0.29) is 0 Å². The van der Waals surface area contributed by atoms with Gasteiger partial charge in [0.1, 0.15) is 0 Å². The second-order valence-electron chi connectivity index (χ2n) is 5.32. The van der Waals surface area contributed by atoms with E-state index in [4.69, 9.17) is 11.6 Å². The van der Waals surface area contributed by atoms with Gasteiger partial charge in [-0.05, 0) is 31.6 Å². The van der Waals surface area contributed by atoms with E-state index in [0.717, 1.165) is 29.5 Å². The first-order valence-electron chi connectivity index (χ1n) is 6.47. The molecule has 1 aromatic heterocycles. The van der Waals surface area contributed by atoms with Crippen molar-refractivity contribution in [2.75, 3.05) is 6.54 Å². The number of hydrogen-bond donors (Lipinski definition) is 1. The lowest BCUT2D eigenvalue weighted by Gasteiger charge is -2.15. The largest absolute Gasteiger partial charge is 0.311 e. The molecule has 1 aromatic rings. The molecule has 1 fully saturated rings. The van der Waals surface area contributed by atoms with Gasteiger partial charge in [0.25, 0.3) is 0 Å². The first-order chi connectivity index (χ1) is 8.08. The fourth-order valence-electron chi connectivity index (χ4n) is 2.54. The van der Waals surface area contributed by atoms with Crippen molar-refractivity contribution in [2.45, 2.75) is 46.1 Å². The highest BCUT2D eigenvalue weighted by molar-refractivity contribution is 6.31. The third-order valence-electron chi connectivity index (χ3n) is 3.79. The van der Waals surface area contributed by atoms with Crippen molar-refractivity contribution in [1.29, 1.82) is 0 Å². The lowest BCUT2D eigenvalue weighted by atomic mass is 10.0. The minimum Gasteiger partial charge on any atom is -0.311 e. The molecule has 0 bridgehead atoms. The van der Waals surface area contributed by atoms with Gasteiger partial charge in [0.05, 0.1) is 16.4 Å². The van der Waals surface area contributed by atoms with Crippen LogP contribution in [0.1, 0.15) is 44.0 Å².